The number of sulfonamides is 1. The molecule has 0 bridgehead atoms. The van der Waals surface area contributed by atoms with Crippen LogP contribution in [0.3, 0.4) is 0 Å². The summed E-state index contributed by atoms with van der Waals surface area (Å²) in [6.45, 7) is 2.69. The highest BCUT2D eigenvalue weighted by molar-refractivity contribution is 7.89. The van der Waals surface area contributed by atoms with Crippen molar-refractivity contribution >= 4 is 39.1 Å². The second-order valence-corrected chi connectivity index (χ2v) is 12.3. The number of carbonyl (C=O) groups is 2. The fourth-order valence-electron chi connectivity index (χ4n) is 5.16. The second-order valence-electron chi connectivity index (χ2n) is 9.95. The Morgan fingerprint density at radius 3 is 2.59 bits per heavy atom. The largest absolute Gasteiger partial charge is 0.492 e. The van der Waals surface area contributed by atoms with Gasteiger partial charge in [-0.3, -0.25) is 9.59 Å². The van der Waals surface area contributed by atoms with Crippen LogP contribution in [0.5, 0.6) is 11.5 Å². The number of hydrogen-bond acceptors (Lipinski definition) is 6. The fraction of sp³-hybridized carbons (Fsp3) is 0.333. The van der Waals surface area contributed by atoms with E-state index in [1.54, 1.807) is 48.2 Å². The van der Waals surface area contributed by atoms with Crippen LogP contribution in [0.1, 0.15) is 25.3 Å². The van der Waals surface area contributed by atoms with Crippen LogP contribution < -0.4 is 19.7 Å². The zero-order valence-corrected chi connectivity index (χ0v) is 24.2. The summed E-state index contributed by atoms with van der Waals surface area (Å²) < 4.78 is 40.3. The normalized spacial score (nSPS) is 19.1. The number of nitrogens with one attached hydrogen (secondary N) is 1. The van der Waals surface area contributed by atoms with E-state index < -0.39 is 22.0 Å². The molecular weight excluding hydrogens is 566 g/mol. The van der Waals surface area contributed by atoms with Crippen LogP contribution in [0.15, 0.2) is 77.7 Å². The summed E-state index contributed by atoms with van der Waals surface area (Å²) in [5.41, 5.74) is 1.50. The summed E-state index contributed by atoms with van der Waals surface area (Å²) in [6, 6.07) is 21.1. The van der Waals surface area contributed by atoms with Gasteiger partial charge in [0.2, 0.25) is 15.9 Å². The molecule has 0 saturated carbocycles. The Hall–Kier alpha value is -3.60. The number of anilines is 1. The van der Waals surface area contributed by atoms with E-state index in [1.807, 2.05) is 30.3 Å². The third-order valence-corrected chi connectivity index (χ3v) is 9.32. The number of amides is 2. The van der Waals surface area contributed by atoms with Crippen molar-refractivity contribution in [2.45, 2.75) is 37.3 Å². The van der Waals surface area contributed by atoms with Crippen molar-refractivity contribution in [2.75, 3.05) is 31.1 Å². The molecule has 41 heavy (non-hydrogen) atoms. The average molecular weight is 598 g/mol. The summed E-state index contributed by atoms with van der Waals surface area (Å²) in [5.74, 6) is -0.548. The molecule has 3 aromatic carbocycles. The Kier molecular flexibility index (Phi) is 8.82. The summed E-state index contributed by atoms with van der Waals surface area (Å²) in [7, 11) is -3.99. The van der Waals surface area contributed by atoms with Gasteiger partial charge in [-0.05, 0) is 55.7 Å². The maximum Gasteiger partial charge on any atom is 0.263 e. The van der Waals surface area contributed by atoms with Crippen molar-refractivity contribution in [1.82, 2.24) is 9.62 Å². The standard InChI is InChI=1S/C30H32ClN3O6S/c1-2-39-26-15-14-23(31)17-28(26)41(37,38)33-16-8-11-22(19-33)30(36)34-20-27(40-25-13-7-6-12-24(25)34)29(35)32-18-21-9-4-3-5-10-21/h3-7,9-10,12-15,17,22,27H,2,8,11,16,18-20H2,1H3,(H,32,35)/t22-,27+/m0/s1. The summed E-state index contributed by atoms with van der Waals surface area (Å²) in [4.78, 5) is 28.6. The molecule has 0 spiro atoms. The van der Waals surface area contributed by atoms with Crippen LogP contribution in [0.2, 0.25) is 5.02 Å². The highest BCUT2D eigenvalue weighted by atomic mass is 35.5. The minimum Gasteiger partial charge on any atom is -0.492 e. The van der Waals surface area contributed by atoms with Crippen LogP contribution in [-0.2, 0) is 26.2 Å². The molecule has 2 amide bonds. The van der Waals surface area contributed by atoms with Gasteiger partial charge in [0.1, 0.15) is 16.4 Å². The number of piperidine rings is 1. The maximum absolute atomic E-state index is 14.0. The van der Waals surface area contributed by atoms with Gasteiger partial charge in [-0.25, -0.2) is 8.42 Å². The van der Waals surface area contributed by atoms with E-state index in [2.05, 4.69) is 5.32 Å². The Labute approximate surface area is 245 Å². The molecule has 2 atom stereocenters. The van der Waals surface area contributed by atoms with Gasteiger partial charge in [-0.2, -0.15) is 4.31 Å². The maximum atomic E-state index is 14.0. The van der Waals surface area contributed by atoms with E-state index >= 15 is 0 Å². The first-order chi connectivity index (χ1) is 19.8. The zero-order chi connectivity index (χ0) is 29.0. The van der Waals surface area contributed by atoms with Gasteiger partial charge in [-0.1, -0.05) is 54.1 Å². The SMILES string of the molecule is CCOc1ccc(Cl)cc1S(=O)(=O)N1CCC[C@H](C(=O)N2C[C@H](C(=O)NCc3ccccc3)Oc3ccccc32)C1. The molecule has 3 aromatic rings. The number of para-hydroxylation sites is 2. The number of halogens is 1. The van der Waals surface area contributed by atoms with Gasteiger partial charge < -0.3 is 19.7 Å². The minimum absolute atomic E-state index is 0.00361. The number of hydrogen-bond donors (Lipinski definition) is 1. The highest BCUT2D eigenvalue weighted by Crippen LogP contribution is 2.37. The molecule has 216 valence electrons. The van der Waals surface area contributed by atoms with Crippen LogP contribution in [0, 0.1) is 5.92 Å². The molecule has 11 heteroatoms. The smallest absolute Gasteiger partial charge is 0.263 e. The minimum atomic E-state index is -3.99. The van der Waals surface area contributed by atoms with Gasteiger partial charge >= 0.3 is 0 Å². The molecule has 9 nitrogen and oxygen atoms in total. The predicted molar refractivity (Wildman–Crippen MR) is 156 cm³/mol. The third-order valence-electron chi connectivity index (χ3n) is 7.20. The third kappa shape index (κ3) is 6.34. The molecular formula is C30H32ClN3O6S. The number of rotatable bonds is 8. The molecule has 0 aromatic heterocycles. The van der Waals surface area contributed by atoms with Gasteiger partial charge in [-0.15, -0.1) is 0 Å². The van der Waals surface area contributed by atoms with Crippen LogP contribution in [-0.4, -0.2) is 56.9 Å². The molecule has 0 unspecified atom stereocenters. The lowest BCUT2D eigenvalue weighted by Crippen LogP contribution is -2.53. The number of benzene rings is 3. The predicted octanol–water partition coefficient (Wildman–Crippen LogP) is 4.25. The lowest BCUT2D eigenvalue weighted by atomic mass is 9.97. The average Bonchev–Trinajstić information content (AvgIpc) is 3.00. The van der Waals surface area contributed by atoms with Crippen molar-refractivity contribution in [3.63, 3.8) is 0 Å². The van der Waals surface area contributed by atoms with Crippen molar-refractivity contribution in [1.29, 1.82) is 0 Å². The fourth-order valence-corrected chi connectivity index (χ4v) is 7.08. The number of fused-ring (bicyclic) bond motifs is 1. The number of ether oxygens (including phenoxy) is 2. The molecule has 1 N–H and O–H groups in total. The van der Waals surface area contributed by atoms with Crippen molar-refractivity contribution in [3.05, 3.63) is 83.4 Å². The van der Waals surface area contributed by atoms with Crippen LogP contribution in [0.4, 0.5) is 5.69 Å². The van der Waals surface area contributed by atoms with Crippen molar-refractivity contribution in [3.8, 4) is 11.5 Å². The number of carbonyl (C=O) groups excluding carboxylic acids is 2. The highest BCUT2D eigenvalue weighted by Gasteiger charge is 2.40. The van der Waals surface area contributed by atoms with E-state index in [9.17, 15) is 18.0 Å². The molecule has 5 rings (SSSR count). The van der Waals surface area contributed by atoms with E-state index in [0.717, 1.165) is 5.56 Å². The lowest BCUT2D eigenvalue weighted by molar-refractivity contribution is -0.129. The monoisotopic (exact) mass is 597 g/mol. The lowest BCUT2D eigenvalue weighted by Gasteiger charge is -2.38. The molecule has 0 aliphatic carbocycles. The van der Waals surface area contributed by atoms with E-state index in [1.165, 1.54) is 10.4 Å². The number of nitrogens with zero attached hydrogens (tertiary/aromatic N) is 2. The van der Waals surface area contributed by atoms with Crippen molar-refractivity contribution in [2.24, 2.45) is 5.92 Å². The van der Waals surface area contributed by atoms with Crippen LogP contribution in [0.25, 0.3) is 0 Å². The van der Waals surface area contributed by atoms with E-state index in [4.69, 9.17) is 21.1 Å². The van der Waals surface area contributed by atoms with Gasteiger partial charge in [0.05, 0.1) is 24.8 Å². The van der Waals surface area contributed by atoms with Gasteiger partial charge in [0.15, 0.2) is 6.10 Å². The molecule has 2 aliphatic rings. The Morgan fingerprint density at radius 1 is 1.05 bits per heavy atom. The van der Waals surface area contributed by atoms with E-state index in [0.29, 0.717) is 37.4 Å². The summed E-state index contributed by atoms with van der Waals surface area (Å²) in [6.07, 6.45) is 0.109. The van der Waals surface area contributed by atoms with Crippen LogP contribution >= 0.6 is 11.6 Å². The first kappa shape index (κ1) is 28.9. The molecule has 1 saturated heterocycles. The molecule has 2 heterocycles. The van der Waals surface area contributed by atoms with Crippen molar-refractivity contribution < 1.29 is 27.5 Å². The Bertz CT molecular complexity index is 1520. The Balaban J connectivity index is 1.35. The molecule has 1 fully saturated rings. The molecule has 2 aliphatic heterocycles. The van der Waals surface area contributed by atoms with Gasteiger partial charge in [0.25, 0.3) is 5.91 Å². The summed E-state index contributed by atoms with van der Waals surface area (Å²) in [5, 5.41) is 3.17. The topological polar surface area (TPSA) is 105 Å². The zero-order valence-electron chi connectivity index (χ0n) is 22.7. The quantitative estimate of drug-likeness (QED) is 0.416. The first-order valence-electron chi connectivity index (χ1n) is 13.6. The second kappa shape index (κ2) is 12.5. The summed E-state index contributed by atoms with van der Waals surface area (Å²) >= 11 is 6.14. The van der Waals surface area contributed by atoms with E-state index in [-0.39, 0.29) is 47.1 Å². The first-order valence-corrected chi connectivity index (χ1v) is 15.4. The Morgan fingerprint density at radius 2 is 1.80 bits per heavy atom. The van der Waals surface area contributed by atoms with Gasteiger partial charge in [0, 0.05) is 24.7 Å². The molecule has 0 radical (unpaired) electrons.